The van der Waals surface area contributed by atoms with Crippen LogP contribution < -0.4 is 5.32 Å². The molecular weight excluding hydrogens is 248 g/mol. The number of carbonyl (C=O) groups is 2. The molecule has 2 rings (SSSR count). The Hall–Kier alpha value is -1.30. The molecule has 0 spiro atoms. The van der Waals surface area contributed by atoms with Gasteiger partial charge in [0.2, 0.25) is 0 Å². The number of nitrogens with zero attached hydrogens (tertiary/aromatic N) is 1. The number of aliphatic carboxylic acids is 1. The first-order valence-electron chi connectivity index (χ1n) is 6.90. The van der Waals surface area contributed by atoms with Crippen LogP contribution in [0, 0.1) is 11.8 Å². The fourth-order valence-electron chi connectivity index (χ4n) is 1.89. The summed E-state index contributed by atoms with van der Waals surface area (Å²) in [7, 11) is 1.65. The normalized spacial score (nSPS) is 19.8. The summed E-state index contributed by atoms with van der Waals surface area (Å²) >= 11 is 0. The maximum atomic E-state index is 11.8. The van der Waals surface area contributed by atoms with Crippen LogP contribution in [-0.2, 0) is 9.53 Å². The lowest BCUT2D eigenvalue weighted by atomic mass is 10.2. The van der Waals surface area contributed by atoms with Gasteiger partial charge >= 0.3 is 12.0 Å². The van der Waals surface area contributed by atoms with Gasteiger partial charge in [-0.25, -0.2) is 9.59 Å². The first kappa shape index (κ1) is 14.1. The summed E-state index contributed by atoms with van der Waals surface area (Å²) in [6.07, 6.45) is 4.26. The van der Waals surface area contributed by atoms with Crippen LogP contribution in [0.2, 0.25) is 0 Å². The molecule has 0 heterocycles. The predicted octanol–water partition coefficient (Wildman–Crippen LogP) is 0.918. The second-order valence-electron chi connectivity index (χ2n) is 5.54. The standard InChI is InChI=1S/C13H22N2O4/c1-15(6-7-19-8-9-2-3-9)13(18)14-11(12(16)17)10-4-5-10/h9-11H,2-8H2,1H3,(H,14,18)(H,16,17). The minimum Gasteiger partial charge on any atom is -0.480 e. The lowest BCUT2D eigenvalue weighted by Gasteiger charge is -2.21. The van der Waals surface area contributed by atoms with Gasteiger partial charge in [-0.3, -0.25) is 0 Å². The molecule has 2 amide bonds. The van der Waals surface area contributed by atoms with Crippen molar-refractivity contribution < 1.29 is 19.4 Å². The highest BCUT2D eigenvalue weighted by atomic mass is 16.5. The number of carbonyl (C=O) groups excluding carboxylic acids is 1. The van der Waals surface area contributed by atoms with Gasteiger partial charge in [0.25, 0.3) is 0 Å². The second-order valence-corrected chi connectivity index (χ2v) is 5.54. The molecule has 2 N–H and O–H groups in total. The van der Waals surface area contributed by atoms with E-state index in [1.807, 2.05) is 0 Å². The third-order valence-electron chi connectivity index (χ3n) is 3.61. The van der Waals surface area contributed by atoms with Crippen LogP contribution in [0.15, 0.2) is 0 Å². The Morgan fingerprint density at radius 1 is 1.37 bits per heavy atom. The van der Waals surface area contributed by atoms with Gasteiger partial charge in [0, 0.05) is 20.2 Å². The van der Waals surface area contributed by atoms with E-state index in [-0.39, 0.29) is 11.9 Å². The van der Waals surface area contributed by atoms with Crippen molar-refractivity contribution in [2.75, 3.05) is 26.8 Å². The van der Waals surface area contributed by atoms with Crippen LogP contribution >= 0.6 is 0 Å². The predicted molar refractivity (Wildman–Crippen MR) is 68.9 cm³/mol. The summed E-state index contributed by atoms with van der Waals surface area (Å²) in [6, 6.07) is -1.09. The molecule has 0 bridgehead atoms. The minimum atomic E-state index is -0.950. The van der Waals surface area contributed by atoms with Crippen LogP contribution in [0.1, 0.15) is 25.7 Å². The number of carboxylic acids is 1. The van der Waals surface area contributed by atoms with E-state index in [0.717, 1.165) is 19.4 Å². The van der Waals surface area contributed by atoms with Crippen molar-refractivity contribution in [1.82, 2.24) is 10.2 Å². The van der Waals surface area contributed by atoms with Gasteiger partial charge in [-0.05, 0) is 37.5 Å². The summed E-state index contributed by atoms with van der Waals surface area (Å²) in [5, 5.41) is 11.6. The van der Waals surface area contributed by atoms with Gasteiger partial charge in [-0.1, -0.05) is 0 Å². The highest BCUT2D eigenvalue weighted by Gasteiger charge is 2.37. The summed E-state index contributed by atoms with van der Waals surface area (Å²) < 4.78 is 5.45. The second kappa shape index (κ2) is 6.23. The van der Waals surface area contributed by atoms with E-state index in [1.165, 1.54) is 17.7 Å². The van der Waals surface area contributed by atoms with Crippen molar-refractivity contribution in [2.45, 2.75) is 31.7 Å². The van der Waals surface area contributed by atoms with Crippen molar-refractivity contribution in [3.05, 3.63) is 0 Å². The summed E-state index contributed by atoms with van der Waals surface area (Å²) in [6.45, 7) is 1.76. The van der Waals surface area contributed by atoms with E-state index in [0.29, 0.717) is 19.1 Å². The molecule has 2 aliphatic rings. The van der Waals surface area contributed by atoms with Gasteiger partial charge in [0.1, 0.15) is 6.04 Å². The number of carboxylic acid groups (broad SMARTS) is 1. The Balaban J connectivity index is 1.63. The number of nitrogens with one attached hydrogen (secondary N) is 1. The van der Waals surface area contributed by atoms with Crippen molar-refractivity contribution in [3.8, 4) is 0 Å². The van der Waals surface area contributed by atoms with E-state index in [2.05, 4.69) is 5.32 Å². The third kappa shape index (κ3) is 4.70. The molecule has 0 aliphatic heterocycles. The van der Waals surface area contributed by atoms with Gasteiger partial charge in [0.05, 0.1) is 6.61 Å². The maximum absolute atomic E-state index is 11.8. The first-order chi connectivity index (χ1) is 9.08. The topological polar surface area (TPSA) is 78.9 Å². The molecular formula is C13H22N2O4. The summed E-state index contributed by atoms with van der Waals surface area (Å²) in [5.41, 5.74) is 0. The van der Waals surface area contributed by atoms with Crippen molar-refractivity contribution >= 4 is 12.0 Å². The Morgan fingerprint density at radius 2 is 2.05 bits per heavy atom. The zero-order chi connectivity index (χ0) is 13.8. The lowest BCUT2D eigenvalue weighted by Crippen LogP contribution is -2.48. The molecule has 6 nitrogen and oxygen atoms in total. The quantitative estimate of drug-likeness (QED) is 0.643. The fourth-order valence-corrected chi connectivity index (χ4v) is 1.89. The van der Waals surface area contributed by atoms with Crippen LogP contribution in [0.3, 0.4) is 0 Å². The number of hydrogen-bond donors (Lipinski definition) is 2. The highest BCUT2D eigenvalue weighted by molar-refractivity contribution is 5.83. The number of urea groups is 1. The molecule has 2 saturated carbocycles. The van der Waals surface area contributed by atoms with E-state index in [1.54, 1.807) is 7.05 Å². The Labute approximate surface area is 113 Å². The average Bonchev–Trinajstić information content (AvgIpc) is 3.24. The van der Waals surface area contributed by atoms with Crippen LogP contribution in [-0.4, -0.2) is 54.9 Å². The van der Waals surface area contributed by atoms with Gasteiger partial charge in [-0.15, -0.1) is 0 Å². The fraction of sp³-hybridized carbons (Fsp3) is 0.846. The Bertz CT molecular complexity index is 340. The SMILES string of the molecule is CN(CCOCC1CC1)C(=O)NC(C(=O)O)C1CC1. The van der Waals surface area contributed by atoms with E-state index in [4.69, 9.17) is 9.84 Å². The highest BCUT2D eigenvalue weighted by Crippen LogP contribution is 2.32. The summed E-state index contributed by atoms with van der Waals surface area (Å²) in [4.78, 5) is 24.3. The number of amides is 2. The molecule has 1 atom stereocenters. The largest absolute Gasteiger partial charge is 0.480 e. The van der Waals surface area contributed by atoms with Crippen molar-refractivity contribution in [3.63, 3.8) is 0 Å². The Morgan fingerprint density at radius 3 is 2.58 bits per heavy atom. The molecule has 1 unspecified atom stereocenters. The van der Waals surface area contributed by atoms with E-state index in [9.17, 15) is 9.59 Å². The first-order valence-corrected chi connectivity index (χ1v) is 6.90. The number of likely N-dealkylation sites (N-methyl/N-ethyl adjacent to an activating group) is 1. The van der Waals surface area contributed by atoms with Gasteiger partial charge < -0.3 is 20.1 Å². The lowest BCUT2D eigenvalue weighted by molar-refractivity contribution is -0.139. The van der Waals surface area contributed by atoms with Crippen LogP contribution in [0.4, 0.5) is 4.79 Å². The number of hydrogen-bond acceptors (Lipinski definition) is 3. The molecule has 6 heteroatoms. The molecule has 108 valence electrons. The number of rotatable bonds is 8. The minimum absolute atomic E-state index is 0.0981. The maximum Gasteiger partial charge on any atom is 0.326 e. The molecule has 2 fully saturated rings. The third-order valence-corrected chi connectivity index (χ3v) is 3.61. The molecule has 0 aromatic rings. The summed E-state index contributed by atoms with van der Waals surface area (Å²) in [5.74, 6) is -0.138. The van der Waals surface area contributed by atoms with Gasteiger partial charge in [0.15, 0.2) is 0 Å². The molecule has 0 aromatic heterocycles. The van der Waals surface area contributed by atoms with Gasteiger partial charge in [-0.2, -0.15) is 0 Å². The average molecular weight is 270 g/mol. The van der Waals surface area contributed by atoms with E-state index < -0.39 is 12.0 Å². The van der Waals surface area contributed by atoms with Crippen molar-refractivity contribution in [2.24, 2.45) is 11.8 Å². The number of ether oxygens (including phenoxy) is 1. The smallest absolute Gasteiger partial charge is 0.326 e. The van der Waals surface area contributed by atoms with Crippen LogP contribution in [0.5, 0.6) is 0 Å². The zero-order valence-corrected chi connectivity index (χ0v) is 11.3. The molecule has 0 saturated heterocycles. The van der Waals surface area contributed by atoms with Crippen molar-refractivity contribution in [1.29, 1.82) is 0 Å². The molecule has 0 aromatic carbocycles. The molecule has 19 heavy (non-hydrogen) atoms. The molecule has 2 aliphatic carbocycles. The molecule has 0 radical (unpaired) electrons. The van der Waals surface area contributed by atoms with E-state index >= 15 is 0 Å². The monoisotopic (exact) mass is 270 g/mol. The van der Waals surface area contributed by atoms with Crippen LogP contribution in [0.25, 0.3) is 0 Å². The zero-order valence-electron chi connectivity index (χ0n) is 11.3. The Kier molecular flexibility index (Phi) is 4.63.